The molecular formula is C19H37NO. The van der Waals surface area contributed by atoms with Gasteiger partial charge in [0.2, 0.25) is 5.91 Å². The van der Waals surface area contributed by atoms with Crippen molar-refractivity contribution in [1.82, 2.24) is 0 Å². The van der Waals surface area contributed by atoms with E-state index in [-0.39, 0.29) is 11.8 Å². The molecule has 0 saturated carbocycles. The first kappa shape index (κ1) is 20.2. The highest BCUT2D eigenvalue weighted by molar-refractivity contribution is 5.76. The molecule has 0 bridgehead atoms. The van der Waals surface area contributed by atoms with E-state index in [4.69, 9.17) is 5.73 Å². The molecule has 0 aliphatic rings. The number of hydrogen-bond donors (Lipinski definition) is 1. The predicted molar refractivity (Wildman–Crippen MR) is 93.2 cm³/mol. The van der Waals surface area contributed by atoms with Gasteiger partial charge in [0.25, 0.3) is 0 Å². The van der Waals surface area contributed by atoms with Gasteiger partial charge in [-0.1, -0.05) is 77.4 Å². The Labute approximate surface area is 132 Å². The molecule has 2 nitrogen and oxygen atoms in total. The minimum absolute atomic E-state index is 0.0437. The molecule has 0 aliphatic carbocycles. The van der Waals surface area contributed by atoms with Crippen molar-refractivity contribution in [2.45, 2.75) is 97.3 Å². The van der Waals surface area contributed by atoms with Crippen LogP contribution in [0.3, 0.4) is 0 Å². The van der Waals surface area contributed by atoms with Crippen LogP contribution in [0.15, 0.2) is 12.2 Å². The van der Waals surface area contributed by atoms with Gasteiger partial charge in [0, 0.05) is 5.92 Å². The quantitative estimate of drug-likeness (QED) is 0.303. The first-order valence-electron chi connectivity index (χ1n) is 9.12. The van der Waals surface area contributed by atoms with E-state index < -0.39 is 0 Å². The molecular weight excluding hydrogens is 258 g/mol. The molecule has 0 aromatic carbocycles. The number of rotatable bonds is 15. The monoisotopic (exact) mass is 295 g/mol. The van der Waals surface area contributed by atoms with Gasteiger partial charge in [-0.05, 0) is 32.1 Å². The Balaban J connectivity index is 3.17. The molecule has 2 N–H and O–H groups in total. The fraction of sp³-hybridized carbons (Fsp3) is 0.842. The van der Waals surface area contributed by atoms with Gasteiger partial charge >= 0.3 is 0 Å². The highest BCUT2D eigenvalue weighted by Crippen LogP contribution is 2.11. The van der Waals surface area contributed by atoms with Crippen LogP contribution in [-0.2, 0) is 4.79 Å². The lowest BCUT2D eigenvalue weighted by Gasteiger charge is -2.05. The molecule has 1 amide bonds. The standard InChI is InChI=1S/C19H37NO/c1-3-4-5-6-7-8-9-10-11-12-13-14-15-16-17-18(2)19(20)21/h10-11,18H,3-9,12-17H2,1-2H3,(H2,20,21)/b11-10-. The lowest BCUT2D eigenvalue weighted by Crippen LogP contribution is -2.20. The highest BCUT2D eigenvalue weighted by Gasteiger charge is 2.06. The van der Waals surface area contributed by atoms with E-state index in [0.29, 0.717) is 0 Å². The summed E-state index contributed by atoms with van der Waals surface area (Å²) in [5.74, 6) is -0.116. The van der Waals surface area contributed by atoms with Gasteiger partial charge in [0.15, 0.2) is 0 Å². The molecule has 1 unspecified atom stereocenters. The number of nitrogens with two attached hydrogens (primary N) is 1. The van der Waals surface area contributed by atoms with Crippen LogP contribution in [0.4, 0.5) is 0 Å². The van der Waals surface area contributed by atoms with Crippen molar-refractivity contribution in [2.75, 3.05) is 0 Å². The molecule has 1 atom stereocenters. The van der Waals surface area contributed by atoms with E-state index in [1.807, 2.05) is 6.92 Å². The summed E-state index contributed by atoms with van der Waals surface area (Å²) in [4.78, 5) is 10.9. The third-order valence-electron chi connectivity index (χ3n) is 4.13. The minimum Gasteiger partial charge on any atom is -0.369 e. The highest BCUT2D eigenvalue weighted by atomic mass is 16.1. The van der Waals surface area contributed by atoms with Crippen LogP contribution in [0, 0.1) is 5.92 Å². The summed E-state index contributed by atoms with van der Waals surface area (Å²) in [6.45, 7) is 4.19. The zero-order valence-electron chi connectivity index (χ0n) is 14.4. The average Bonchev–Trinajstić information content (AvgIpc) is 2.47. The third kappa shape index (κ3) is 15.4. The second kappa shape index (κ2) is 15.6. The van der Waals surface area contributed by atoms with E-state index in [9.17, 15) is 4.79 Å². The van der Waals surface area contributed by atoms with Gasteiger partial charge in [-0.3, -0.25) is 4.79 Å². The number of primary amides is 1. The Morgan fingerprint density at radius 2 is 1.33 bits per heavy atom. The minimum atomic E-state index is -0.160. The molecule has 0 rings (SSSR count). The number of unbranched alkanes of at least 4 members (excludes halogenated alkanes) is 10. The van der Waals surface area contributed by atoms with Crippen molar-refractivity contribution in [2.24, 2.45) is 11.7 Å². The first-order chi connectivity index (χ1) is 10.2. The van der Waals surface area contributed by atoms with Crippen molar-refractivity contribution in [3.8, 4) is 0 Å². The molecule has 0 spiro atoms. The molecule has 0 aromatic heterocycles. The van der Waals surface area contributed by atoms with Crippen molar-refractivity contribution in [1.29, 1.82) is 0 Å². The summed E-state index contributed by atoms with van der Waals surface area (Å²) in [5.41, 5.74) is 5.24. The average molecular weight is 296 g/mol. The van der Waals surface area contributed by atoms with E-state index in [1.54, 1.807) is 0 Å². The molecule has 124 valence electrons. The normalized spacial score (nSPS) is 12.9. The van der Waals surface area contributed by atoms with Crippen LogP contribution in [0.1, 0.15) is 97.3 Å². The van der Waals surface area contributed by atoms with E-state index in [2.05, 4.69) is 19.1 Å². The maximum atomic E-state index is 10.9. The molecule has 21 heavy (non-hydrogen) atoms. The van der Waals surface area contributed by atoms with Crippen LogP contribution in [0.5, 0.6) is 0 Å². The molecule has 0 heterocycles. The Kier molecular flexibility index (Phi) is 15.0. The molecule has 0 aliphatic heterocycles. The van der Waals surface area contributed by atoms with Gasteiger partial charge in [0.1, 0.15) is 0 Å². The van der Waals surface area contributed by atoms with Crippen molar-refractivity contribution < 1.29 is 4.79 Å². The summed E-state index contributed by atoms with van der Waals surface area (Å²) in [5, 5.41) is 0. The second-order valence-electron chi connectivity index (χ2n) is 6.32. The maximum Gasteiger partial charge on any atom is 0.220 e. The van der Waals surface area contributed by atoms with Gasteiger partial charge in [-0.15, -0.1) is 0 Å². The lowest BCUT2D eigenvalue weighted by atomic mass is 10.0. The largest absolute Gasteiger partial charge is 0.369 e. The van der Waals surface area contributed by atoms with Gasteiger partial charge in [0.05, 0.1) is 0 Å². The number of allylic oxidation sites excluding steroid dienone is 2. The van der Waals surface area contributed by atoms with E-state index in [0.717, 1.165) is 12.8 Å². The summed E-state index contributed by atoms with van der Waals surface area (Å²) in [7, 11) is 0. The molecule has 0 radical (unpaired) electrons. The van der Waals surface area contributed by atoms with Crippen molar-refractivity contribution in [3.63, 3.8) is 0 Å². The first-order valence-corrected chi connectivity index (χ1v) is 9.12. The summed E-state index contributed by atoms with van der Waals surface area (Å²) in [6, 6.07) is 0. The van der Waals surface area contributed by atoms with Crippen molar-refractivity contribution >= 4 is 5.91 Å². The molecule has 2 heteroatoms. The molecule has 0 aromatic rings. The molecule has 0 fully saturated rings. The number of carbonyl (C=O) groups is 1. The number of amides is 1. The van der Waals surface area contributed by atoms with Gasteiger partial charge in [-0.2, -0.15) is 0 Å². The molecule has 0 saturated heterocycles. The SMILES string of the molecule is CCCCCCCC/C=C\CCCCCCC(C)C(N)=O. The number of hydrogen-bond acceptors (Lipinski definition) is 1. The summed E-state index contributed by atoms with van der Waals surface area (Å²) < 4.78 is 0. The smallest absolute Gasteiger partial charge is 0.220 e. The lowest BCUT2D eigenvalue weighted by molar-refractivity contribution is -0.121. The van der Waals surface area contributed by atoms with Gasteiger partial charge in [-0.25, -0.2) is 0 Å². The second-order valence-corrected chi connectivity index (χ2v) is 6.32. The van der Waals surface area contributed by atoms with Crippen LogP contribution >= 0.6 is 0 Å². The Bertz CT molecular complexity index is 260. The van der Waals surface area contributed by atoms with Gasteiger partial charge < -0.3 is 5.73 Å². The Hall–Kier alpha value is -0.790. The number of carbonyl (C=O) groups excluding carboxylic acids is 1. The predicted octanol–water partition coefficient (Wildman–Crippen LogP) is 5.76. The van der Waals surface area contributed by atoms with Crippen molar-refractivity contribution in [3.05, 3.63) is 12.2 Å². The zero-order valence-corrected chi connectivity index (χ0v) is 14.4. The summed E-state index contributed by atoms with van der Waals surface area (Å²) in [6.07, 6.45) is 21.3. The topological polar surface area (TPSA) is 43.1 Å². The summed E-state index contributed by atoms with van der Waals surface area (Å²) >= 11 is 0. The Morgan fingerprint density at radius 3 is 1.86 bits per heavy atom. The fourth-order valence-corrected chi connectivity index (χ4v) is 2.49. The van der Waals surface area contributed by atoms with E-state index in [1.165, 1.54) is 70.6 Å². The van der Waals surface area contributed by atoms with Crippen LogP contribution in [-0.4, -0.2) is 5.91 Å². The van der Waals surface area contributed by atoms with Crippen LogP contribution in [0.2, 0.25) is 0 Å². The third-order valence-corrected chi connectivity index (χ3v) is 4.13. The van der Waals surface area contributed by atoms with Crippen LogP contribution in [0.25, 0.3) is 0 Å². The Morgan fingerprint density at radius 1 is 0.857 bits per heavy atom. The maximum absolute atomic E-state index is 10.9. The van der Waals surface area contributed by atoms with E-state index >= 15 is 0 Å². The van der Waals surface area contributed by atoms with Crippen LogP contribution < -0.4 is 5.73 Å². The zero-order chi connectivity index (χ0) is 15.8. The fourth-order valence-electron chi connectivity index (χ4n) is 2.49.